The summed E-state index contributed by atoms with van der Waals surface area (Å²) in [6.07, 6.45) is 0. The Kier molecular flexibility index (Phi) is 3.94. The lowest BCUT2D eigenvalue weighted by atomic mass is 10.3. The minimum atomic E-state index is -0.778. The first-order chi connectivity index (χ1) is 4.22. The molecule has 0 aliphatic carbocycles. The highest BCUT2D eigenvalue weighted by atomic mass is 16.6. The normalized spacial score (nSPS) is 12.8. The van der Waals surface area contributed by atoms with Crippen molar-refractivity contribution in [3.8, 4) is 0 Å². The van der Waals surface area contributed by atoms with Crippen LogP contribution in [0.25, 0.3) is 0 Å². The Bertz CT molecular complexity index is 95.8. The van der Waals surface area contributed by atoms with Crippen LogP contribution in [0.5, 0.6) is 0 Å². The van der Waals surface area contributed by atoms with Gasteiger partial charge in [0.2, 0.25) is 0 Å². The van der Waals surface area contributed by atoms with Gasteiger partial charge in [-0.1, -0.05) is 0 Å². The number of rotatable bonds is 3. The third kappa shape index (κ3) is 3.02. The molecule has 5 heteroatoms. The maximum absolute atomic E-state index is 10.4. The molecule has 4 N–H and O–H groups in total. The molecule has 0 heterocycles. The van der Waals surface area contributed by atoms with Gasteiger partial charge in [0.15, 0.2) is 0 Å². The van der Waals surface area contributed by atoms with Gasteiger partial charge in [0.25, 0.3) is 0 Å². The van der Waals surface area contributed by atoms with Gasteiger partial charge < -0.3 is 15.3 Å². The quantitative estimate of drug-likeness (QED) is 0.357. The molecule has 0 aromatic rings. The molecule has 54 valence electrons. The van der Waals surface area contributed by atoms with Crippen LogP contribution >= 0.6 is 0 Å². The molecule has 0 rings (SSSR count). The summed E-state index contributed by atoms with van der Waals surface area (Å²) >= 11 is 0. The Morgan fingerprint density at radius 2 is 2.33 bits per heavy atom. The molecule has 0 aromatic carbocycles. The Morgan fingerprint density at radius 1 is 1.78 bits per heavy atom. The van der Waals surface area contributed by atoms with Crippen LogP contribution in [0.1, 0.15) is 0 Å². The molecule has 0 saturated carbocycles. The molecule has 0 amide bonds. The molecular weight excluding hydrogens is 124 g/mol. The van der Waals surface area contributed by atoms with Crippen LogP contribution < -0.4 is 11.6 Å². The van der Waals surface area contributed by atoms with Crippen LogP contribution in [-0.2, 0) is 14.4 Å². The number of esters is 1. The zero-order chi connectivity index (χ0) is 7.28. The van der Waals surface area contributed by atoms with Crippen molar-refractivity contribution in [2.24, 2.45) is 11.6 Å². The second-order valence-electron chi connectivity index (χ2n) is 1.46. The van der Waals surface area contributed by atoms with Crippen LogP contribution in [0.15, 0.2) is 0 Å². The van der Waals surface area contributed by atoms with E-state index in [1.807, 2.05) is 0 Å². The summed E-state index contributed by atoms with van der Waals surface area (Å²) < 4.78 is 4.27. The largest absolute Gasteiger partial charge is 0.468 e. The first kappa shape index (κ1) is 8.35. The molecule has 1 atom stereocenters. The molecular formula is C4H10N2O3. The number of hydrogen-bond donors (Lipinski definition) is 2. The van der Waals surface area contributed by atoms with E-state index in [0.717, 1.165) is 0 Å². The van der Waals surface area contributed by atoms with E-state index in [4.69, 9.17) is 5.73 Å². The van der Waals surface area contributed by atoms with Crippen molar-refractivity contribution in [2.75, 3.05) is 13.7 Å². The Hall–Kier alpha value is -0.650. The van der Waals surface area contributed by atoms with E-state index < -0.39 is 12.0 Å². The van der Waals surface area contributed by atoms with Crippen LogP contribution in [-0.4, -0.2) is 25.7 Å². The number of nitrogens with two attached hydrogens (primary N) is 2. The second kappa shape index (κ2) is 4.25. The summed E-state index contributed by atoms with van der Waals surface area (Å²) in [7, 11) is 1.25. The molecule has 0 spiro atoms. The van der Waals surface area contributed by atoms with E-state index in [0.29, 0.717) is 0 Å². The zero-order valence-electron chi connectivity index (χ0n) is 5.16. The Morgan fingerprint density at radius 3 is 2.67 bits per heavy atom. The Balaban J connectivity index is 3.45. The van der Waals surface area contributed by atoms with E-state index in [1.54, 1.807) is 0 Å². The van der Waals surface area contributed by atoms with Crippen LogP contribution in [0.2, 0.25) is 0 Å². The maximum Gasteiger partial charge on any atom is 0.325 e. The van der Waals surface area contributed by atoms with E-state index >= 15 is 0 Å². The highest BCUT2D eigenvalue weighted by Crippen LogP contribution is 1.81. The number of carbonyl (C=O) groups is 1. The standard InChI is InChI=1S/C4H10N2O3/c1-8-4(7)3(5)2-9-6/h3H,2,5-6H2,1H3. The molecule has 9 heavy (non-hydrogen) atoms. The lowest BCUT2D eigenvalue weighted by molar-refractivity contribution is -0.143. The summed E-state index contributed by atoms with van der Waals surface area (Å²) in [5, 5.41) is 0. The van der Waals surface area contributed by atoms with Gasteiger partial charge in [-0.05, 0) is 0 Å². The molecule has 0 aliphatic rings. The van der Waals surface area contributed by atoms with Crippen LogP contribution in [0.3, 0.4) is 0 Å². The first-order valence-corrected chi connectivity index (χ1v) is 2.37. The summed E-state index contributed by atoms with van der Waals surface area (Å²) in [5.74, 6) is 4.11. The van der Waals surface area contributed by atoms with E-state index in [-0.39, 0.29) is 6.61 Å². The highest BCUT2D eigenvalue weighted by Gasteiger charge is 2.12. The summed E-state index contributed by atoms with van der Waals surface area (Å²) in [4.78, 5) is 14.5. The fraction of sp³-hybridized carbons (Fsp3) is 0.750. The first-order valence-electron chi connectivity index (χ1n) is 2.37. The SMILES string of the molecule is COC(=O)C(N)CON. The highest BCUT2D eigenvalue weighted by molar-refractivity contribution is 5.75. The van der Waals surface area contributed by atoms with Gasteiger partial charge in [-0.15, -0.1) is 0 Å². The van der Waals surface area contributed by atoms with E-state index in [9.17, 15) is 4.79 Å². The van der Waals surface area contributed by atoms with Crippen molar-refractivity contribution in [3.63, 3.8) is 0 Å². The summed E-state index contributed by atoms with van der Waals surface area (Å²) in [5.41, 5.74) is 5.16. The van der Waals surface area contributed by atoms with Gasteiger partial charge in [0, 0.05) is 0 Å². The average Bonchev–Trinajstić information content (AvgIpc) is 1.87. The van der Waals surface area contributed by atoms with E-state index in [2.05, 4.69) is 15.5 Å². The fourth-order valence-corrected chi connectivity index (χ4v) is 0.323. The van der Waals surface area contributed by atoms with Gasteiger partial charge in [-0.25, -0.2) is 5.90 Å². The van der Waals surface area contributed by atoms with Gasteiger partial charge in [0.05, 0.1) is 13.7 Å². The van der Waals surface area contributed by atoms with Gasteiger partial charge in [0.1, 0.15) is 6.04 Å². The predicted octanol–water partition coefficient (Wildman–Crippen LogP) is -1.62. The van der Waals surface area contributed by atoms with Gasteiger partial charge in [-0.3, -0.25) is 4.79 Å². The number of ether oxygens (including phenoxy) is 1. The van der Waals surface area contributed by atoms with E-state index in [1.165, 1.54) is 7.11 Å². The van der Waals surface area contributed by atoms with Crippen LogP contribution in [0.4, 0.5) is 0 Å². The monoisotopic (exact) mass is 134 g/mol. The topological polar surface area (TPSA) is 87.6 Å². The third-order valence-corrected chi connectivity index (χ3v) is 0.780. The fourth-order valence-electron chi connectivity index (χ4n) is 0.323. The molecule has 0 aromatic heterocycles. The molecule has 0 bridgehead atoms. The minimum absolute atomic E-state index is 0.0212. The lowest BCUT2D eigenvalue weighted by Crippen LogP contribution is -2.36. The smallest absolute Gasteiger partial charge is 0.325 e. The molecule has 0 radical (unpaired) electrons. The lowest BCUT2D eigenvalue weighted by Gasteiger charge is -2.05. The predicted molar refractivity (Wildman–Crippen MR) is 30.1 cm³/mol. The number of carbonyl (C=O) groups excluding carboxylic acids is 1. The second-order valence-corrected chi connectivity index (χ2v) is 1.46. The van der Waals surface area contributed by atoms with Gasteiger partial charge in [-0.2, -0.15) is 0 Å². The number of hydrogen-bond acceptors (Lipinski definition) is 5. The molecule has 0 aliphatic heterocycles. The van der Waals surface area contributed by atoms with Crippen molar-refractivity contribution in [1.29, 1.82) is 0 Å². The molecule has 1 unspecified atom stereocenters. The van der Waals surface area contributed by atoms with Crippen molar-refractivity contribution in [2.45, 2.75) is 6.04 Å². The maximum atomic E-state index is 10.4. The summed E-state index contributed by atoms with van der Waals surface area (Å²) in [6.45, 7) is -0.0212. The van der Waals surface area contributed by atoms with Gasteiger partial charge >= 0.3 is 5.97 Å². The van der Waals surface area contributed by atoms with Crippen molar-refractivity contribution >= 4 is 5.97 Å². The average molecular weight is 134 g/mol. The Labute approximate surface area is 52.9 Å². The summed E-state index contributed by atoms with van der Waals surface area (Å²) in [6, 6.07) is -0.778. The molecule has 5 nitrogen and oxygen atoms in total. The van der Waals surface area contributed by atoms with Crippen LogP contribution in [0, 0.1) is 0 Å². The third-order valence-electron chi connectivity index (χ3n) is 0.780. The van der Waals surface area contributed by atoms with Crippen molar-refractivity contribution < 1.29 is 14.4 Å². The minimum Gasteiger partial charge on any atom is -0.468 e. The van der Waals surface area contributed by atoms with Crippen molar-refractivity contribution in [1.82, 2.24) is 0 Å². The zero-order valence-corrected chi connectivity index (χ0v) is 5.16. The number of methoxy groups -OCH3 is 1. The molecule has 0 fully saturated rings. The van der Waals surface area contributed by atoms with Crippen molar-refractivity contribution in [3.05, 3.63) is 0 Å². The molecule has 0 saturated heterocycles.